The Morgan fingerprint density at radius 1 is 1.20 bits per heavy atom. The fourth-order valence-electron chi connectivity index (χ4n) is 4.42. The van der Waals surface area contributed by atoms with Gasteiger partial charge in [0.1, 0.15) is 0 Å². The van der Waals surface area contributed by atoms with E-state index < -0.39 is 0 Å². The molecule has 114 valence electrons. The second-order valence-electron chi connectivity index (χ2n) is 6.69. The maximum atomic E-state index is 12.7. The second kappa shape index (κ2) is 6.02. The molecule has 3 aliphatic rings. The van der Waals surface area contributed by atoms with E-state index in [-0.39, 0.29) is 12.2 Å². The van der Waals surface area contributed by atoms with Gasteiger partial charge in [-0.25, -0.2) is 0 Å². The maximum Gasteiger partial charge on any atom is 0.241 e. The topological polar surface area (TPSA) is 35.6 Å². The van der Waals surface area contributed by atoms with Crippen LogP contribution in [0.4, 0.5) is 0 Å². The van der Waals surface area contributed by atoms with Gasteiger partial charge in [0, 0.05) is 18.6 Å². The van der Waals surface area contributed by atoms with Crippen LogP contribution >= 0.6 is 0 Å². The van der Waals surface area contributed by atoms with Gasteiger partial charge in [0.15, 0.2) is 0 Å². The van der Waals surface area contributed by atoms with E-state index in [9.17, 15) is 4.79 Å². The van der Waals surface area contributed by atoms with Crippen molar-refractivity contribution in [2.45, 2.75) is 83.1 Å². The highest BCUT2D eigenvalue weighted by molar-refractivity contribution is 5.84. The predicted molar refractivity (Wildman–Crippen MR) is 80.4 cm³/mol. The second-order valence-corrected chi connectivity index (χ2v) is 6.69. The van der Waals surface area contributed by atoms with Crippen molar-refractivity contribution in [1.29, 1.82) is 0 Å². The molecule has 3 aliphatic heterocycles. The molecule has 3 fully saturated rings. The molecule has 1 amide bonds. The van der Waals surface area contributed by atoms with Crippen LogP contribution < -0.4 is 5.32 Å². The Hall–Kier alpha value is -0.610. The van der Waals surface area contributed by atoms with E-state index in [2.05, 4.69) is 29.0 Å². The summed E-state index contributed by atoms with van der Waals surface area (Å²) in [4.78, 5) is 17.6. The number of rotatable bonds is 4. The Labute approximate surface area is 122 Å². The van der Waals surface area contributed by atoms with E-state index in [1.807, 2.05) is 0 Å². The fourth-order valence-corrected chi connectivity index (χ4v) is 4.42. The van der Waals surface area contributed by atoms with Gasteiger partial charge < -0.3 is 9.80 Å². The molecule has 0 spiro atoms. The molecule has 0 radical (unpaired) electrons. The van der Waals surface area contributed by atoms with Crippen molar-refractivity contribution in [3.8, 4) is 0 Å². The molecule has 1 N–H and O–H groups in total. The smallest absolute Gasteiger partial charge is 0.241 e. The first-order chi connectivity index (χ1) is 9.74. The molecule has 0 aromatic carbocycles. The summed E-state index contributed by atoms with van der Waals surface area (Å²) in [5, 5.41) is 3.56. The zero-order valence-electron chi connectivity index (χ0n) is 13.0. The van der Waals surface area contributed by atoms with Crippen LogP contribution in [-0.4, -0.2) is 53.1 Å². The monoisotopic (exact) mass is 279 g/mol. The standard InChI is InChI=1S/C16H29N3O/c1-3-6-14-16(20)19(15(4-2)17-14)13-8-10-18-9-5-7-12(18)11-13/h12-15,17H,3-11H2,1-2H3. The Bertz CT molecular complexity index is 360. The highest BCUT2D eigenvalue weighted by Crippen LogP contribution is 2.32. The van der Waals surface area contributed by atoms with E-state index in [1.54, 1.807) is 0 Å². The van der Waals surface area contributed by atoms with Gasteiger partial charge in [-0.3, -0.25) is 10.1 Å². The van der Waals surface area contributed by atoms with Gasteiger partial charge >= 0.3 is 0 Å². The molecule has 0 bridgehead atoms. The van der Waals surface area contributed by atoms with Crippen LogP contribution in [0, 0.1) is 0 Å². The first kappa shape index (κ1) is 14.3. The van der Waals surface area contributed by atoms with Gasteiger partial charge in [-0.2, -0.15) is 0 Å². The Morgan fingerprint density at radius 3 is 2.80 bits per heavy atom. The maximum absolute atomic E-state index is 12.7. The summed E-state index contributed by atoms with van der Waals surface area (Å²) in [7, 11) is 0. The molecular weight excluding hydrogens is 250 g/mol. The van der Waals surface area contributed by atoms with Gasteiger partial charge in [-0.1, -0.05) is 20.3 Å². The zero-order valence-corrected chi connectivity index (χ0v) is 13.0. The number of amides is 1. The van der Waals surface area contributed by atoms with Gasteiger partial charge in [0.2, 0.25) is 5.91 Å². The average molecular weight is 279 g/mol. The summed E-state index contributed by atoms with van der Waals surface area (Å²) >= 11 is 0. The number of fused-ring (bicyclic) bond motifs is 1. The third kappa shape index (κ3) is 2.48. The number of nitrogens with zero attached hydrogens (tertiary/aromatic N) is 2. The number of hydrogen-bond donors (Lipinski definition) is 1. The van der Waals surface area contributed by atoms with Crippen molar-refractivity contribution in [3.05, 3.63) is 0 Å². The first-order valence-electron chi connectivity index (χ1n) is 8.56. The lowest BCUT2D eigenvalue weighted by Crippen LogP contribution is -2.51. The largest absolute Gasteiger partial charge is 0.323 e. The molecule has 4 heteroatoms. The zero-order chi connectivity index (χ0) is 14.1. The van der Waals surface area contributed by atoms with Crippen molar-refractivity contribution >= 4 is 5.91 Å². The SMILES string of the molecule is CCCC1NC(CC)N(C2CCN3CCCC3C2)C1=O. The van der Waals surface area contributed by atoms with E-state index in [0.717, 1.165) is 25.3 Å². The summed E-state index contributed by atoms with van der Waals surface area (Å²) in [5.41, 5.74) is 0. The van der Waals surface area contributed by atoms with Crippen LogP contribution in [0.1, 0.15) is 58.8 Å². The highest BCUT2D eigenvalue weighted by Gasteiger charge is 2.44. The molecule has 4 nitrogen and oxygen atoms in total. The first-order valence-corrected chi connectivity index (χ1v) is 8.56. The lowest BCUT2D eigenvalue weighted by atomic mass is 9.95. The van der Waals surface area contributed by atoms with E-state index >= 15 is 0 Å². The number of hydrogen-bond acceptors (Lipinski definition) is 3. The molecule has 0 aromatic heterocycles. The predicted octanol–water partition coefficient (Wildman–Crippen LogP) is 1.95. The van der Waals surface area contributed by atoms with Crippen molar-refractivity contribution in [3.63, 3.8) is 0 Å². The number of piperidine rings is 1. The molecule has 4 atom stereocenters. The van der Waals surface area contributed by atoms with Gasteiger partial charge in [0.25, 0.3) is 0 Å². The molecule has 20 heavy (non-hydrogen) atoms. The lowest BCUT2D eigenvalue weighted by molar-refractivity contribution is -0.133. The van der Waals surface area contributed by atoms with Crippen molar-refractivity contribution in [2.75, 3.05) is 13.1 Å². The quantitative estimate of drug-likeness (QED) is 0.854. The Balaban J connectivity index is 1.69. The van der Waals surface area contributed by atoms with E-state index in [1.165, 1.54) is 38.8 Å². The molecule has 0 saturated carbocycles. The van der Waals surface area contributed by atoms with Crippen LogP contribution in [0.5, 0.6) is 0 Å². The van der Waals surface area contributed by atoms with Crippen LogP contribution in [-0.2, 0) is 4.79 Å². The third-order valence-electron chi connectivity index (χ3n) is 5.43. The van der Waals surface area contributed by atoms with Crippen molar-refractivity contribution in [1.82, 2.24) is 15.1 Å². The minimum atomic E-state index is 0.0755. The highest BCUT2D eigenvalue weighted by atomic mass is 16.2. The Morgan fingerprint density at radius 2 is 2.05 bits per heavy atom. The molecule has 3 rings (SSSR count). The molecule has 4 unspecified atom stereocenters. The summed E-state index contributed by atoms with van der Waals surface area (Å²) in [6.45, 7) is 6.82. The van der Waals surface area contributed by atoms with Gasteiger partial charge in [0.05, 0.1) is 12.2 Å². The summed E-state index contributed by atoms with van der Waals surface area (Å²) in [6.07, 6.45) is 8.40. The fraction of sp³-hybridized carbons (Fsp3) is 0.938. The van der Waals surface area contributed by atoms with Crippen LogP contribution in [0.3, 0.4) is 0 Å². The van der Waals surface area contributed by atoms with Crippen LogP contribution in [0.25, 0.3) is 0 Å². The van der Waals surface area contributed by atoms with Crippen LogP contribution in [0.2, 0.25) is 0 Å². The van der Waals surface area contributed by atoms with Crippen molar-refractivity contribution in [2.24, 2.45) is 0 Å². The normalized spacial score (nSPS) is 38.5. The molecule has 0 aliphatic carbocycles. The number of nitrogens with one attached hydrogen (secondary N) is 1. The van der Waals surface area contributed by atoms with E-state index in [4.69, 9.17) is 0 Å². The summed E-state index contributed by atoms with van der Waals surface area (Å²) in [6, 6.07) is 1.29. The van der Waals surface area contributed by atoms with Crippen molar-refractivity contribution < 1.29 is 4.79 Å². The number of carbonyl (C=O) groups excluding carboxylic acids is 1. The lowest BCUT2D eigenvalue weighted by Gasteiger charge is -2.41. The van der Waals surface area contributed by atoms with Gasteiger partial charge in [-0.05, 0) is 45.1 Å². The summed E-state index contributed by atoms with van der Waals surface area (Å²) in [5.74, 6) is 0.371. The number of carbonyl (C=O) groups is 1. The van der Waals surface area contributed by atoms with E-state index in [0.29, 0.717) is 11.9 Å². The molecular formula is C16H29N3O. The minimum Gasteiger partial charge on any atom is -0.323 e. The van der Waals surface area contributed by atoms with Crippen LogP contribution in [0.15, 0.2) is 0 Å². The third-order valence-corrected chi connectivity index (χ3v) is 5.43. The van der Waals surface area contributed by atoms with Gasteiger partial charge in [-0.15, -0.1) is 0 Å². The molecule has 0 aromatic rings. The summed E-state index contributed by atoms with van der Waals surface area (Å²) < 4.78 is 0. The minimum absolute atomic E-state index is 0.0755. The molecule has 3 heterocycles. The molecule has 3 saturated heterocycles. The Kier molecular flexibility index (Phi) is 4.32. The average Bonchev–Trinajstić information content (AvgIpc) is 3.03.